The molecule has 0 radical (unpaired) electrons. The van der Waals surface area contributed by atoms with E-state index in [2.05, 4.69) is 123 Å². The van der Waals surface area contributed by atoms with Crippen LogP contribution in [0.1, 0.15) is 373 Å². The average Bonchev–Trinajstić information content (AvgIpc) is 1.48. The molecule has 0 aromatic carbocycles. The van der Waals surface area contributed by atoms with Crippen LogP contribution in [0.2, 0.25) is 0 Å². The summed E-state index contributed by atoms with van der Waals surface area (Å²) in [6.45, 7) is 4.16. The topological polar surface area (TPSA) is 111 Å². The van der Waals surface area contributed by atoms with Crippen LogP contribution in [0.15, 0.2) is 109 Å². The van der Waals surface area contributed by atoms with Crippen molar-refractivity contribution in [3.8, 4) is 0 Å². The second-order valence-corrected chi connectivity index (χ2v) is 29.8. The Balaban J connectivity index is 3.97. The number of phosphoric ester groups is 1. The van der Waals surface area contributed by atoms with Crippen LogP contribution in [-0.2, 0) is 32.7 Å². The Hall–Kier alpha value is -3.33. The summed E-state index contributed by atoms with van der Waals surface area (Å²) in [7, 11) is 1.16. The Bertz CT molecular complexity index is 1990. The summed E-state index contributed by atoms with van der Waals surface area (Å²) in [5, 5.41) is 0. The molecule has 0 saturated heterocycles. The Morgan fingerprint density at radius 3 is 0.896 bits per heavy atom. The lowest BCUT2D eigenvalue weighted by atomic mass is 10.0. The maximum Gasteiger partial charge on any atom is 0.306 e. The van der Waals surface area contributed by atoms with Gasteiger partial charge in [-0.15, -0.1) is 0 Å². The third-order valence-electron chi connectivity index (χ3n) is 17.8. The molecule has 556 valence electrons. The Morgan fingerprint density at radius 1 is 0.333 bits per heavy atom. The van der Waals surface area contributed by atoms with E-state index in [0.717, 1.165) is 96.3 Å². The van der Waals surface area contributed by atoms with Crippen molar-refractivity contribution in [3.05, 3.63) is 109 Å². The molecule has 10 heteroatoms. The second kappa shape index (κ2) is 75.9. The van der Waals surface area contributed by atoms with Gasteiger partial charge in [-0.1, -0.05) is 367 Å². The lowest BCUT2D eigenvalue weighted by Crippen LogP contribution is -2.37. The zero-order valence-electron chi connectivity index (χ0n) is 63.6. The zero-order valence-corrected chi connectivity index (χ0v) is 64.5. The summed E-state index contributed by atoms with van der Waals surface area (Å²) in [5.74, 6) is -0.833. The van der Waals surface area contributed by atoms with Gasteiger partial charge >= 0.3 is 11.9 Å². The van der Waals surface area contributed by atoms with E-state index in [0.29, 0.717) is 17.4 Å². The fraction of sp³-hybridized carbons (Fsp3) is 0.767. The summed E-state index contributed by atoms with van der Waals surface area (Å²) in [4.78, 5) is 38.2. The van der Waals surface area contributed by atoms with Crippen LogP contribution < -0.4 is 4.89 Å². The number of allylic oxidation sites excluding steroid dienone is 18. The van der Waals surface area contributed by atoms with E-state index in [-0.39, 0.29) is 32.0 Å². The third-order valence-corrected chi connectivity index (χ3v) is 18.7. The number of carbonyl (C=O) groups is 2. The molecule has 0 aliphatic heterocycles. The summed E-state index contributed by atoms with van der Waals surface area (Å²) < 4.78 is 34.4. The lowest BCUT2D eigenvalue weighted by Gasteiger charge is -2.28. The summed E-state index contributed by atoms with van der Waals surface area (Å²) in [6.07, 6.45) is 108. The lowest BCUT2D eigenvalue weighted by molar-refractivity contribution is -0.870. The maximum absolute atomic E-state index is 12.9. The van der Waals surface area contributed by atoms with Crippen LogP contribution in [0.3, 0.4) is 0 Å². The molecule has 2 atom stereocenters. The first-order valence-electron chi connectivity index (χ1n) is 40.6. The number of ether oxygens (including phenoxy) is 2. The number of unbranched alkanes of at least 4 members (excludes halogenated alkanes) is 43. The molecular formula is C86H154NO8P. The van der Waals surface area contributed by atoms with Gasteiger partial charge in [-0.2, -0.15) is 0 Å². The van der Waals surface area contributed by atoms with Crippen LogP contribution in [-0.4, -0.2) is 70.0 Å². The van der Waals surface area contributed by atoms with E-state index < -0.39 is 26.5 Å². The van der Waals surface area contributed by atoms with Crippen LogP contribution in [0.5, 0.6) is 0 Å². The first-order chi connectivity index (χ1) is 47.0. The standard InChI is InChI=1S/C86H154NO8P/c1-6-8-10-12-14-16-18-20-22-24-26-28-30-32-34-36-38-40-41-42-43-44-45-47-48-50-52-54-56-58-60-62-64-66-68-70-72-74-76-78-85(88)92-82-84(83-94-96(90,91)93-81-80-87(3,4)5)95-86(89)79-77-75-73-71-69-67-65-63-61-59-57-55-53-51-49-46-39-37-35-33-31-29-27-25-23-21-19-17-15-13-11-9-7-2/h9,11,15,17,21,23-24,26-27,29,33,35,39,46,51,53,57,59,84H,6-8,10,12-14,16,18-20,22,25,28,30-32,34,36-38,40-45,47-50,52,54-56,58,60-83H2,1-5H3/b11-9-,17-15-,23-21-,26-24-,29-27-,35-33-,46-39-,53-51-,59-57-. The molecule has 0 aliphatic rings. The number of nitrogens with zero attached hydrogens (tertiary/aromatic N) is 1. The minimum Gasteiger partial charge on any atom is -0.756 e. The quantitative estimate of drug-likeness (QED) is 0.0195. The van der Waals surface area contributed by atoms with Crippen molar-refractivity contribution in [2.45, 2.75) is 380 Å². The Kier molecular flexibility index (Phi) is 73.2. The number of hydrogen-bond acceptors (Lipinski definition) is 8. The van der Waals surface area contributed by atoms with Crippen LogP contribution in [0.4, 0.5) is 0 Å². The van der Waals surface area contributed by atoms with Crippen molar-refractivity contribution in [2.75, 3.05) is 47.5 Å². The first kappa shape index (κ1) is 92.7. The van der Waals surface area contributed by atoms with Gasteiger partial charge in [0.15, 0.2) is 6.10 Å². The van der Waals surface area contributed by atoms with E-state index in [9.17, 15) is 19.0 Å². The molecule has 0 spiro atoms. The van der Waals surface area contributed by atoms with E-state index in [1.807, 2.05) is 21.1 Å². The normalized spacial score (nSPS) is 13.6. The van der Waals surface area contributed by atoms with Crippen molar-refractivity contribution in [1.82, 2.24) is 0 Å². The SMILES string of the molecule is CC/C=C\C/C=C\C/C=C\C/C=C\C/C=C\C/C=C\C/C=C\C/C=C\CCCCCCCCCCC(=O)OC(COC(=O)CCCCCCCCCCCCCCCCCCCCCCCCCCCCC/C=C\CCCCCCCCCC)COP(=O)([O-])OCC[N+](C)(C)C. The van der Waals surface area contributed by atoms with Gasteiger partial charge < -0.3 is 27.9 Å². The van der Waals surface area contributed by atoms with Crippen molar-refractivity contribution in [3.63, 3.8) is 0 Å². The first-order valence-corrected chi connectivity index (χ1v) is 42.1. The van der Waals surface area contributed by atoms with Gasteiger partial charge in [0, 0.05) is 12.8 Å². The van der Waals surface area contributed by atoms with Gasteiger partial charge in [0.25, 0.3) is 7.82 Å². The summed E-state index contributed by atoms with van der Waals surface area (Å²) >= 11 is 0. The van der Waals surface area contributed by atoms with E-state index >= 15 is 0 Å². The van der Waals surface area contributed by atoms with E-state index in [4.69, 9.17) is 18.5 Å². The number of hydrogen-bond donors (Lipinski definition) is 0. The monoisotopic (exact) mass is 1360 g/mol. The predicted octanol–water partition coefficient (Wildman–Crippen LogP) is 26.5. The number of carbonyl (C=O) groups excluding carboxylic acids is 2. The van der Waals surface area contributed by atoms with Crippen LogP contribution >= 0.6 is 7.82 Å². The molecule has 0 aromatic heterocycles. The van der Waals surface area contributed by atoms with Gasteiger partial charge in [-0.05, 0) is 103 Å². The molecule has 0 saturated carbocycles. The van der Waals surface area contributed by atoms with Crippen LogP contribution in [0, 0.1) is 0 Å². The fourth-order valence-electron chi connectivity index (χ4n) is 11.6. The highest BCUT2D eigenvalue weighted by molar-refractivity contribution is 7.45. The molecule has 96 heavy (non-hydrogen) atoms. The molecule has 0 fully saturated rings. The second-order valence-electron chi connectivity index (χ2n) is 28.4. The van der Waals surface area contributed by atoms with Gasteiger partial charge in [-0.25, -0.2) is 0 Å². The number of esters is 2. The Morgan fingerprint density at radius 2 is 0.594 bits per heavy atom. The van der Waals surface area contributed by atoms with Crippen molar-refractivity contribution in [2.24, 2.45) is 0 Å². The van der Waals surface area contributed by atoms with Crippen molar-refractivity contribution in [1.29, 1.82) is 0 Å². The highest BCUT2D eigenvalue weighted by atomic mass is 31.2. The van der Waals surface area contributed by atoms with Crippen molar-refractivity contribution >= 4 is 19.8 Å². The number of likely N-dealkylation sites (N-methyl/N-ethyl adjacent to an activating group) is 1. The summed E-state index contributed by atoms with van der Waals surface area (Å²) in [6, 6.07) is 0. The molecule has 2 unspecified atom stereocenters. The van der Waals surface area contributed by atoms with Gasteiger partial charge in [0.2, 0.25) is 0 Å². The number of phosphoric acid groups is 1. The average molecular weight is 1360 g/mol. The van der Waals surface area contributed by atoms with Gasteiger partial charge in [0.05, 0.1) is 27.7 Å². The largest absolute Gasteiger partial charge is 0.756 e. The minimum atomic E-state index is -4.65. The number of rotatable bonds is 75. The van der Waals surface area contributed by atoms with E-state index in [1.54, 1.807) is 0 Å². The molecule has 0 heterocycles. The molecule has 0 rings (SSSR count). The smallest absolute Gasteiger partial charge is 0.306 e. The highest BCUT2D eigenvalue weighted by Crippen LogP contribution is 2.38. The third kappa shape index (κ3) is 79.7. The molecule has 0 N–H and O–H groups in total. The number of quaternary nitrogens is 1. The minimum absolute atomic E-state index is 0.0358. The molecule has 0 aliphatic carbocycles. The zero-order chi connectivity index (χ0) is 69.7. The molecule has 0 bridgehead atoms. The molecular weight excluding hydrogens is 1210 g/mol. The molecule has 0 aromatic rings. The van der Waals surface area contributed by atoms with E-state index in [1.165, 1.54) is 244 Å². The Labute approximate surface area is 595 Å². The molecule has 0 amide bonds. The van der Waals surface area contributed by atoms with Crippen molar-refractivity contribution < 1.29 is 42.1 Å². The summed E-state index contributed by atoms with van der Waals surface area (Å²) in [5.41, 5.74) is 0. The predicted molar refractivity (Wildman–Crippen MR) is 415 cm³/mol. The maximum atomic E-state index is 12.9. The highest BCUT2D eigenvalue weighted by Gasteiger charge is 2.22. The van der Waals surface area contributed by atoms with Gasteiger partial charge in [0.1, 0.15) is 19.8 Å². The van der Waals surface area contributed by atoms with Crippen LogP contribution in [0.25, 0.3) is 0 Å². The van der Waals surface area contributed by atoms with Gasteiger partial charge in [-0.3, -0.25) is 14.2 Å². The molecule has 9 nitrogen and oxygen atoms in total. The fourth-order valence-corrected chi connectivity index (χ4v) is 12.3.